The van der Waals surface area contributed by atoms with Crippen LogP contribution in [0.25, 0.3) is 22.6 Å². The summed E-state index contributed by atoms with van der Waals surface area (Å²) in [6.45, 7) is 2.57. The van der Waals surface area contributed by atoms with Crippen LogP contribution in [-0.2, 0) is 16.1 Å². The predicted octanol–water partition coefficient (Wildman–Crippen LogP) is 2.21. The lowest BCUT2D eigenvalue weighted by atomic mass is 10.1. The molecule has 3 atom stereocenters. The zero-order valence-electron chi connectivity index (χ0n) is 20.2. The minimum absolute atomic E-state index is 0.167. The molecule has 0 radical (unpaired) electrons. The van der Waals surface area contributed by atoms with Gasteiger partial charge >= 0.3 is 0 Å². The highest BCUT2D eigenvalue weighted by Gasteiger charge is 2.39. The van der Waals surface area contributed by atoms with E-state index < -0.39 is 18.4 Å². The van der Waals surface area contributed by atoms with E-state index in [0.717, 1.165) is 11.1 Å². The van der Waals surface area contributed by atoms with Crippen LogP contribution < -0.4 is 15.4 Å². The van der Waals surface area contributed by atoms with Crippen molar-refractivity contribution in [1.29, 1.82) is 0 Å². The average molecular weight is 490 g/mol. The molecular weight excluding hydrogens is 462 g/mol. The molecule has 1 saturated heterocycles. The second-order valence-electron chi connectivity index (χ2n) is 8.61. The molecule has 1 amide bonds. The standard InChI is InChI=1S/C25H27N7O4/c1-14-5-4-6-15(7-14)10-28-22-20-23(31-21(30-22)16-8-17(35-3)12-27-11-16)32(13-29-20)25-18(33)9-19(36-25)24(34)26-2/h4-8,11-13,18-19,25,33H,9-10H2,1-3H3,(H,26,34)(H,28,30,31)/t18-,19+,25-/m1/s1. The normalized spacial score (nSPS) is 19.4. The second kappa shape index (κ2) is 9.88. The zero-order chi connectivity index (χ0) is 25.2. The van der Waals surface area contributed by atoms with Gasteiger partial charge in [-0.05, 0) is 18.6 Å². The van der Waals surface area contributed by atoms with E-state index in [1.54, 1.807) is 36.5 Å². The van der Waals surface area contributed by atoms with Gasteiger partial charge in [-0.25, -0.2) is 15.0 Å². The summed E-state index contributed by atoms with van der Waals surface area (Å²) in [5.74, 6) is 1.20. The first kappa shape index (κ1) is 23.6. The Hall–Kier alpha value is -4.09. The number of carbonyl (C=O) groups is 1. The summed E-state index contributed by atoms with van der Waals surface area (Å²) in [6.07, 6.45) is 2.46. The summed E-state index contributed by atoms with van der Waals surface area (Å²) >= 11 is 0. The van der Waals surface area contributed by atoms with Gasteiger partial charge in [-0.2, -0.15) is 0 Å². The number of imidazole rings is 1. The van der Waals surface area contributed by atoms with Gasteiger partial charge in [-0.1, -0.05) is 29.8 Å². The molecule has 0 aliphatic carbocycles. The fourth-order valence-electron chi connectivity index (χ4n) is 4.25. The number of ether oxygens (including phenoxy) is 2. The number of benzene rings is 1. The molecule has 36 heavy (non-hydrogen) atoms. The molecule has 3 N–H and O–H groups in total. The maximum atomic E-state index is 12.1. The third kappa shape index (κ3) is 4.58. The number of amides is 1. The van der Waals surface area contributed by atoms with Crippen molar-refractivity contribution in [3.05, 3.63) is 60.2 Å². The molecule has 11 heteroatoms. The number of fused-ring (bicyclic) bond motifs is 1. The molecule has 1 aliphatic heterocycles. The van der Waals surface area contributed by atoms with Crippen LogP contribution in [0.1, 0.15) is 23.8 Å². The van der Waals surface area contributed by atoms with Gasteiger partial charge in [-0.3, -0.25) is 14.3 Å². The highest BCUT2D eigenvalue weighted by atomic mass is 16.5. The van der Waals surface area contributed by atoms with Crippen LogP contribution in [-0.4, -0.2) is 61.9 Å². The number of rotatable bonds is 7. The molecular formula is C25H27N7O4. The summed E-state index contributed by atoms with van der Waals surface area (Å²) in [4.78, 5) is 30.3. The second-order valence-corrected chi connectivity index (χ2v) is 8.61. The van der Waals surface area contributed by atoms with Gasteiger partial charge in [0.25, 0.3) is 0 Å². The maximum absolute atomic E-state index is 12.1. The molecule has 1 aliphatic rings. The van der Waals surface area contributed by atoms with Crippen LogP contribution in [0.3, 0.4) is 0 Å². The van der Waals surface area contributed by atoms with Crippen LogP contribution in [0.15, 0.2) is 49.1 Å². The van der Waals surface area contributed by atoms with Gasteiger partial charge < -0.3 is 25.2 Å². The van der Waals surface area contributed by atoms with Gasteiger partial charge in [0.15, 0.2) is 29.0 Å². The molecule has 1 aromatic carbocycles. The number of nitrogens with one attached hydrogen (secondary N) is 2. The van der Waals surface area contributed by atoms with Crippen LogP contribution in [0, 0.1) is 6.92 Å². The lowest BCUT2D eigenvalue weighted by molar-refractivity contribution is -0.134. The van der Waals surface area contributed by atoms with E-state index in [4.69, 9.17) is 19.4 Å². The largest absolute Gasteiger partial charge is 0.495 e. The molecule has 11 nitrogen and oxygen atoms in total. The SMILES string of the molecule is CNC(=O)[C@@H]1C[C@@H](O)[C@H](n2cnc3c(NCc4cccc(C)c4)nc(-c4cncc(OC)c4)nc32)O1. The molecule has 0 saturated carbocycles. The van der Waals surface area contributed by atoms with E-state index in [2.05, 4.69) is 26.7 Å². The summed E-state index contributed by atoms with van der Waals surface area (Å²) in [5.41, 5.74) is 3.87. The third-order valence-electron chi connectivity index (χ3n) is 6.07. The summed E-state index contributed by atoms with van der Waals surface area (Å²) < 4.78 is 12.8. The van der Waals surface area contributed by atoms with Crippen LogP contribution in [0.5, 0.6) is 5.75 Å². The first-order valence-electron chi connectivity index (χ1n) is 11.6. The van der Waals surface area contributed by atoms with E-state index in [1.165, 1.54) is 7.05 Å². The molecule has 186 valence electrons. The van der Waals surface area contributed by atoms with E-state index in [-0.39, 0.29) is 12.3 Å². The third-order valence-corrected chi connectivity index (χ3v) is 6.07. The lowest BCUT2D eigenvalue weighted by Crippen LogP contribution is -2.31. The molecule has 0 unspecified atom stereocenters. The molecule has 5 rings (SSSR count). The Morgan fingerprint density at radius 2 is 2.14 bits per heavy atom. The molecule has 0 spiro atoms. The van der Waals surface area contributed by atoms with Crippen LogP contribution in [0.4, 0.5) is 5.82 Å². The Morgan fingerprint density at radius 3 is 2.92 bits per heavy atom. The van der Waals surface area contributed by atoms with Crippen molar-refractivity contribution in [3.8, 4) is 17.1 Å². The lowest BCUT2D eigenvalue weighted by Gasteiger charge is -2.17. The molecule has 4 aromatic rings. The Balaban J connectivity index is 1.57. The zero-order valence-corrected chi connectivity index (χ0v) is 20.2. The Labute approximate surface area is 207 Å². The quantitative estimate of drug-likeness (QED) is 0.357. The minimum Gasteiger partial charge on any atom is -0.495 e. The number of aliphatic hydroxyl groups excluding tert-OH is 1. The van der Waals surface area contributed by atoms with Crippen molar-refractivity contribution in [2.75, 3.05) is 19.5 Å². The predicted molar refractivity (Wildman–Crippen MR) is 132 cm³/mol. The van der Waals surface area contributed by atoms with Crippen molar-refractivity contribution in [2.24, 2.45) is 0 Å². The van der Waals surface area contributed by atoms with E-state index >= 15 is 0 Å². The number of carbonyl (C=O) groups excluding carboxylic acids is 1. The maximum Gasteiger partial charge on any atom is 0.249 e. The number of aryl methyl sites for hydroxylation is 1. The number of nitrogens with zero attached hydrogens (tertiary/aromatic N) is 5. The van der Waals surface area contributed by atoms with E-state index in [1.807, 2.05) is 25.1 Å². The monoisotopic (exact) mass is 489 g/mol. The van der Waals surface area contributed by atoms with Crippen LogP contribution >= 0.6 is 0 Å². The van der Waals surface area contributed by atoms with Crippen LogP contribution in [0.2, 0.25) is 0 Å². The summed E-state index contributed by atoms with van der Waals surface area (Å²) in [5, 5.41) is 16.6. The number of hydrogen-bond donors (Lipinski definition) is 3. The first-order chi connectivity index (χ1) is 17.5. The van der Waals surface area contributed by atoms with E-state index in [0.29, 0.717) is 40.7 Å². The van der Waals surface area contributed by atoms with Gasteiger partial charge in [0.2, 0.25) is 5.91 Å². The number of hydrogen-bond acceptors (Lipinski definition) is 9. The van der Waals surface area contributed by atoms with Crippen molar-refractivity contribution in [1.82, 2.24) is 29.8 Å². The van der Waals surface area contributed by atoms with Gasteiger partial charge in [0.05, 0.1) is 19.6 Å². The van der Waals surface area contributed by atoms with Crippen molar-refractivity contribution in [2.45, 2.75) is 38.3 Å². The number of aliphatic hydroxyl groups is 1. The smallest absolute Gasteiger partial charge is 0.249 e. The average Bonchev–Trinajstić information content (AvgIpc) is 3.50. The topological polar surface area (TPSA) is 136 Å². The highest BCUT2D eigenvalue weighted by molar-refractivity contribution is 5.85. The molecule has 0 bridgehead atoms. The number of anilines is 1. The van der Waals surface area contributed by atoms with Gasteiger partial charge in [0.1, 0.15) is 18.0 Å². The molecule has 1 fully saturated rings. The Bertz CT molecular complexity index is 1410. The Kier molecular flexibility index (Phi) is 6.49. The van der Waals surface area contributed by atoms with Gasteiger partial charge in [0, 0.05) is 31.8 Å². The number of likely N-dealkylation sites (N-methyl/N-ethyl adjacent to an activating group) is 1. The summed E-state index contributed by atoms with van der Waals surface area (Å²) in [7, 11) is 3.10. The summed E-state index contributed by atoms with van der Waals surface area (Å²) in [6, 6.07) is 9.97. The van der Waals surface area contributed by atoms with E-state index in [9.17, 15) is 9.90 Å². The number of aromatic nitrogens is 5. The number of methoxy groups -OCH3 is 1. The fourth-order valence-corrected chi connectivity index (χ4v) is 4.25. The fraction of sp³-hybridized carbons (Fsp3) is 0.320. The van der Waals surface area contributed by atoms with Crippen molar-refractivity contribution >= 4 is 22.9 Å². The minimum atomic E-state index is -0.912. The Morgan fingerprint density at radius 1 is 1.28 bits per heavy atom. The molecule has 4 heterocycles. The van der Waals surface area contributed by atoms with Gasteiger partial charge in [-0.15, -0.1) is 0 Å². The van der Waals surface area contributed by atoms with Crippen molar-refractivity contribution in [3.63, 3.8) is 0 Å². The van der Waals surface area contributed by atoms with Crippen molar-refractivity contribution < 1.29 is 19.4 Å². The number of pyridine rings is 1. The first-order valence-corrected chi connectivity index (χ1v) is 11.6. The highest BCUT2D eigenvalue weighted by Crippen LogP contribution is 2.33. The molecule has 3 aromatic heterocycles.